The fraction of sp³-hybridized carbons (Fsp3) is 0.417. The number of rotatable bonds is 2. The molecule has 100 valence electrons. The van der Waals surface area contributed by atoms with Crippen LogP contribution < -0.4 is 15.2 Å². The predicted molar refractivity (Wildman–Crippen MR) is 66.5 cm³/mol. The Balaban J connectivity index is 2.02. The third-order valence-electron chi connectivity index (χ3n) is 3.59. The van der Waals surface area contributed by atoms with Crippen molar-refractivity contribution < 1.29 is 17.9 Å². The summed E-state index contributed by atoms with van der Waals surface area (Å²) in [6, 6.07) is 7.03. The summed E-state index contributed by atoms with van der Waals surface area (Å²) in [5, 5.41) is 8.26. The first-order valence-electron chi connectivity index (χ1n) is 5.66. The van der Waals surface area contributed by atoms with Gasteiger partial charge in [-0.05, 0) is 17.7 Å². The summed E-state index contributed by atoms with van der Waals surface area (Å²) in [5.41, 5.74) is 5.21. The maximum Gasteiger partial charge on any atom is 0.231 e. The maximum atomic E-state index is 11.7. The summed E-state index contributed by atoms with van der Waals surface area (Å²) in [7, 11) is -3.38. The maximum absolute atomic E-state index is 11.7. The molecule has 0 bridgehead atoms. The molecular formula is C12H12N2O4S. The van der Waals surface area contributed by atoms with Crippen molar-refractivity contribution in [2.24, 2.45) is 5.73 Å². The van der Waals surface area contributed by atoms with E-state index in [2.05, 4.69) is 0 Å². The highest BCUT2D eigenvalue weighted by Gasteiger charge is 2.69. The van der Waals surface area contributed by atoms with E-state index in [1.807, 2.05) is 6.07 Å². The highest BCUT2D eigenvalue weighted by Crippen LogP contribution is 2.54. The summed E-state index contributed by atoms with van der Waals surface area (Å²) in [5.74, 6) is 0.638. The van der Waals surface area contributed by atoms with Crippen LogP contribution in [-0.4, -0.2) is 32.3 Å². The Bertz CT molecular complexity index is 694. The molecule has 19 heavy (non-hydrogen) atoms. The summed E-state index contributed by atoms with van der Waals surface area (Å²) in [4.78, 5) is 0. The lowest BCUT2D eigenvalue weighted by molar-refractivity contribution is 0.174. The zero-order chi connectivity index (χ0) is 13.8. The van der Waals surface area contributed by atoms with Crippen LogP contribution >= 0.6 is 0 Å². The first kappa shape index (κ1) is 12.3. The van der Waals surface area contributed by atoms with Crippen molar-refractivity contribution in [3.63, 3.8) is 0 Å². The third kappa shape index (κ3) is 1.68. The van der Waals surface area contributed by atoms with Crippen molar-refractivity contribution in [1.82, 2.24) is 0 Å². The SMILES string of the molecule is CS(=O)(=O)C1C(c2ccc3c(c2)OCO3)C1(N)C#N. The lowest BCUT2D eigenvalue weighted by Gasteiger charge is -2.02. The lowest BCUT2D eigenvalue weighted by Crippen LogP contribution is -2.28. The lowest BCUT2D eigenvalue weighted by atomic mass is 10.1. The van der Waals surface area contributed by atoms with Gasteiger partial charge in [0.2, 0.25) is 6.79 Å². The molecule has 1 aliphatic carbocycles. The molecule has 3 rings (SSSR count). The molecule has 3 unspecified atom stereocenters. The summed E-state index contributed by atoms with van der Waals surface area (Å²) in [6.07, 6.45) is 1.10. The molecule has 1 aliphatic heterocycles. The van der Waals surface area contributed by atoms with Crippen LogP contribution in [0.25, 0.3) is 0 Å². The molecule has 1 aromatic rings. The number of ether oxygens (including phenoxy) is 2. The topological polar surface area (TPSA) is 102 Å². The van der Waals surface area contributed by atoms with E-state index in [0.29, 0.717) is 17.1 Å². The third-order valence-corrected chi connectivity index (χ3v) is 5.17. The van der Waals surface area contributed by atoms with E-state index in [4.69, 9.17) is 20.5 Å². The van der Waals surface area contributed by atoms with Crippen LogP contribution in [0.1, 0.15) is 11.5 Å². The zero-order valence-electron chi connectivity index (χ0n) is 10.2. The monoisotopic (exact) mass is 280 g/mol. The minimum atomic E-state index is -3.38. The van der Waals surface area contributed by atoms with E-state index < -0.39 is 26.5 Å². The minimum absolute atomic E-state index is 0.144. The molecule has 0 spiro atoms. The van der Waals surface area contributed by atoms with Crippen molar-refractivity contribution >= 4 is 9.84 Å². The first-order valence-corrected chi connectivity index (χ1v) is 7.62. The van der Waals surface area contributed by atoms with E-state index >= 15 is 0 Å². The molecule has 0 saturated heterocycles. The molecule has 0 amide bonds. The largest absolute Gasteiger partial charge is 0.454 e. The standard InChI is InChI=1S/C12H12N2O4S/c1-19(15,16)11-10(12(11,14)5-13)7-2-3-8-9(4-7)18-6-17-8/h2-4,10-11H,6,14H2,1H3. The Morgan fingerprint density at radius 2 is 2.11 bits per heavy atom. The van der Waals surface area contributed by atoms with Crippen molar-refractivity contribution in [1.29, 1.82) is 5.26 Å². The van der Waals surface area contributed by atoms with Crippen LogP contribution in [0.5, 0.6) is 11.5 Å². The van der Waals surface area contributed by atoms with E-state index in [0.717, 1.165) is 6.26 Å². The molecule has 0 aromatic heterocycles. The molecular weight excluding hydrogens is 268 g/mol. The van der Waals surface area contributed by atoms with Gasteiger partial charge in [-0.15, -0.1) is 0 Å². The van der Waals surface area contributed by atoms with Gasteiger partial charge in [0, 0.05) is 12.2 Å². The van der Waals surface area contributed by atoms with Crippen molar-refractivity contribution in [2.75, 3.05) is 13.0 Å². The number of benzene rings is 1. The zero-order valence-corrected chi connectivity index (χ0v) is 11.0. The highest BCUT2D eigenvalue weighted by atomic mass is 32.2. The number of fused-ring (bicyclic) bond motifs is 1. The molecule has 1 heterocycles. The fourth-order valence-electron chi connectivity index (χ4n) is 2.67. The van der Waals surface area contributed by atoms with Gasteiger partial charge >= 0.3 is 0 Å². The molecule has 2 N–H and O–H groups in total. The van der Waals surface area contributed by atoms with Crippen LogP contribution in [0.15, 0.2) is 18.2 Å². The van der Waals surface area contributed by atoms with Gasteiger partial charge in [0.25, 0.3) is 0 Å². The molecule has 0 radical (unpaired) electrons. The average molecular weight is 280 g/mol. The molecule has 1 fully saturated rings. The smallest absolute Gasteiger partial charge is 0.231 e. The van der Waals surface area contributed by atoms with Gasteiger partial charge in [0.15, 0.2) is 21.3 Å². The van der Waals surface area contributed by atoms with Crippen LogP contribution in [0.4, 0.5) is 0 Å². The molecule has 6 nitrogen and oxygen atoms in total. The number of hydrogen-bond acceptors (Lipinski definition) is 6. The van der Waals surface area contributed by atoms with Crippen molar-refractivity contribution in [3.8, 4) is 17.6 Å². The minimum Gasteiger partial charge on any atom is -0.454 e. The normalized spacial score (nSPS) is 31.8. The molecule has 7 heteroatoms. The van der Waals surface area contributed by atoms with E-state index in [9.17, 15) is 8.42 Å². The highest BCUT2D eigenvalue weighted by molar-refractivity contribution is 7.91. The summed E-state index contributed by atoms with van der Waals surface area (Å²) >= 11 is 0. The van der Waals surface area contributed by atoms with Gasteiger partial charge in [-0.2, -0.15) is 5.26 Å². The molecule has 2 aliphatic rings. The van der Waals surface area contributed by atoms with Gasteiger partial charge in [-0.3, -0.25) is 0 Å². The molecule has 1 aromatic carbocycles. The van der Waals surface area contributed by atoms with Crippen molar-refractivity contribution in [2.45, 2.75) is 16.7 Å². The van der Waals surface area contributed by atoms with Crippen molar-refractivity contribution in [3.05, 3.63) is 23.8 Å². The summed E-state index contributed by atoms with van der Waals surface area (Å²) < 4.78 is 33.8. The van der Waals surface area contributed by atoms with E-state index in [1.54, 1.807) is 18.2 Å². The van der Waals surface area contributed by atoms with Crippen LogP contribution in [0.3, 0.4) is 0 Å². The Labute approximate surface area is 110 Å². The molecule has 1 saturated carbocycles. The second-order valence-corrected chi connectivity index (χ2v) is 7.05. The summed E-state index contributed by atoms with van der Waals surface area (Å²) in [6.45, 7) is 0.144. The number of hydrogen-bond donors (Lipinski definition) is 1. The van der Waals surface area contributed by atoms with Crippen LogP contribution in [-0.2, 0) is 9.84 Å². The predicted octanol–water partition coefficient (Wildman–Crippen LogP) is 0.147. The number of nitriles is 1. The number of nitrogens with zero attached hydrogens (tertiary/aromatic N) is 1. The number of nitrogens with two attached hydrogens (primary N) is 1. The van der Waals surface area contributed by atoms with Gasteiger partial charge < -0.3 is 15.2 Å². The Hall–Kier alpha value is -1.78. The second kappa shape index (κ2) is 3.62. The fourth-order valence-corrected chi connectivity index (χ4v) is 4.37. The van der Waals surface area contributed by atoms with Gasteiger partial charge in [0.1, 0.15) is 10.8 Å². The number of sulfone groups is 1. The quantitative estimate of drug-likeness (QED) is 0.827. The Morgan fingerprint density at radius 1 is 1.42 bits per heavy atom. The average Bonchev–Trinajstić information content (AvgIpc) is 2.77. The Morgan fingerprint density at radius 3 is 2.68 bits per heavy atom. The second-order valence-electron chi connectivity index (χ2n) is 4.89. The van der Waals surface area contributed by atoms with Crippen LogP contribution in [0, 0.1) is 11.3 Å². The van der Waals surface area contributed by atoms with Crippen LogP contribution in [0.2, 0.25) is 0 Å². The van der Waals surface area contributed by atoms with Gasteiger partial charge in [-0.1, -0.05) is 6.07 Å². The molecule has 3 atom stereocenters. The van der Waals surface area contributed by atoms with E-state index in [-0.39, 0.29) is 6.79 Å². The van der Waals surface area contributed by atoms with Gasteiger partial charge in [-0.25, -0.2) is 8.42 Å². The Kier molecular flexibility index (Phi) is 2.34. The van der Waals surface area contributed by atoms with E-state index in [1.165, 1.54) is 0 Å². The first-order chi connectivity index (χ1) is 8.88. The van der Waals surface area contributed by atoms with Gasteiger partial charge in [0.05, 0.1) is 6.07 Å².